The van der Waals surface area contributed by atoms with Gasteiger partial charge in [0.2, 0.25) is 10.0 Å². The Hall–Kier alpha value is -1.38. The fourth-order valence-electron chi connectivity index (χ4n) is 5.10. The lowest BCUT2D eigenvalue weighted by Crippen LogP contribution is -2.52. The van der Waals surface area contributed by atoms with Crippen molar-refractivity contribution in [2.75, 3.05) is 39.3 Å². The second-order valence-corrected chi connectivity index (χ2v) is 10.7. The van der Waals surface area contributed by atoms with Gasteiger partial charge in [-0.15, -0.1) is 0 Å². The zero-order valence-corrected chi connectivity index (χ0v) is 18.6. The molecule has 1 amide bonds. The molecule has 29 heavy (non-hydrogen) atoms. The smallest absolute Gasteiger partial charge is 0.270 e. The summed E-state index contributed by atoms with van der Waals surface area (Å²) >= 11 is 0. The summed E-state index contributed by atoms with van der Waals surface area (Å²) in [5.41, 5.74) is 1.12. The number of piperazine rings is 1. The van der Waals surface area contributed by atoms with Gasteiger partial charge < -0.3 is 9.47 Å². The van der Waals surface area contributed by atoms with Crippen molar-refractivity contribution in [3.05, 3.63) is 17.5 Å². The number of amides is 1. The Morgan fingerprint density at radius 3 is 2.17 bits per heavy atom. The predicted molar refractivity (Wildman–Crippen MR) is 112 cm³/mol. The third-order valence-electron chi connectivity index (χ3n) is 7.08. The van der Waals surface area contributed by atoms with Crippen LogP contribution >= 0.6 is 0 Å². The first kappa shape index (κ1) is 20.9. The van der Waals surface area contributed by atoms with E-state index in [0.29, 0.717) is 43.6 Å². The van der Waals surface area contributed by atoms with E-state index in [4.69, 9.17) is 0 Å². The molecule has 0 aromatic carbocycles. The Kier molecular flexibility index (Phi) is 6.04. The maximum Gasteiger partial charge on any atom is 0.270 e. The number of aromatic nitrogens is 1. The third kappa shape index (κ3) is 3.99. The Labute approximate surface area is 174 Å². The molecular weight excluding hydrogens is 388 g/mol. The molecule has 1 aromatic rings. The minimum absolute atomic E-state index is 0.0539. The normalized spacial score (nSPS) is 23.0. The zero-order valence-electron chi connectivity index (χ0n) is 17.8. The zero-order chi connectivity index (χ0) is 20.6. The molecule has 0 spiro atoms. The van der Waals surface area contributed by atoms with Crippen LogP contribution in [0.2, 0.25) is 0 Å². The highest BCUT2D eigenvalue weighted by molar-refractivity contribution is 7.89. The lowest BCUT2D eigenvalue weighted by Gasteiger charge is -2.40. The molecule has 0 atom stereocenters. The van der Waals surface area contributed by atoms with Crippen molar-refractivity contribution >= 4 is 15.9 Å². The van der Waals surface area contributed by atoms with E-state index in [1.807, 2.05) is 4.90 Å². The van der Waals surface area contributed by atoms with Crippen molar-refractivity contribution in [2.45, 2.75) is 62.8 Å². The second kappa shape index (κ2) is 8.40. The Morgan fingerprint density at radius 2 is 1.55 bits per heavy atom. The Morgan fingerprint density at radius 1 is 0.931 bits per heavy atom. The summed E-state index contributed by atoms with van der Waals surface area (Å²) in [6.07, 6.45) is 8.36. The van der Waals surface area contributed by atoms with E-state index in [1.165, 1.54) is 32.1 Å². The Bertz CT molecular complexity index is 844. The molecule has 162 valence electrons. The summed E-state index contributed by atoms with van der Waals surface area (Å²) in [7, 11) is -1.73. The van der Waals surface area contributed by atoms with Crippen LogP contribution in [0.1, 0.15) is 61.1 Å². The predicted octanol–water partition coefficient (Wildman–Crippen LogP) is 2.21. The van der Waals surface area contributed by atoms with Crippen molar-refractivity contribution < 1.29 is 13.2 Å². The number of nitrogens with zero attached hydrogens (tertiary/aromatic N) is 4. The average molecular weight is 423 g/mol. The van der Waals surface area contributed by atoms with Gasteiger partial charge in [-0.05, 0) is 38.7 Å². The Balaban J connectivity index is 1.47. The van der Waals surface area contributed by atoms with Gasteiger partial charge >= 0.3 is 0 Å². The van der Waals surface area contributed by atoms with Crippen LogP contribution in [0.5, 0.6) is 0 Å². The summed E-state index contributed by atoms with van der Waals surface area (Å²) in [4.78, 5) is 17.9. The highest BCUT2D eigenvalue weighted by Crippen LogP contribution is 2.27. The van der Waals surface area contributed by atoms with Crippen LogP contribution in [0, 0.1) is 6.92 Å². The molecule has 7 nitrogen and oxygen atoms in total. The van der Waals surface area contributed by atoms with Crippen LogP contribution < -0.4 is 0 Å². The van der Waals surface area contributed by atoms with E-state index >= 15 is 0 Å². The first-order valence-corrected chi connectivity index (χ1v) is 12.5. The highest BCUT2D eigenvalue weighted by atomic mass is 32.2. The van der Waals surface area contributed by atoms with Gasteiger partial charge in [0, 0.05) is 58.1 Å². The molecule has 0 unspecified atom stereocenters. The molecule has 0 radical (unpaired) electrons. The van der Waals surface area contributed by atoms with Crippen LogP contribution in [-0.2, 0) is 17.1 Å². The summed E-state index contributed by atoms with van der Waals surface area (Å²) in [6.45, 7) is 6.20. The molecule has 3 fully saturated rings. The minimum atomic E-state index is -3.53. The molecule has 3 heterocycles. The van der Waals surface area contributed by atoms with Gasteiger partial charge in [0.25, 0.3) is 5.91 Å². The molecule has 4 rings (SSSR count). The van der Waals surface area contributed by atoms with E-state index in [9.17, 15) is 13.2 Å². The van der Waals surface area contributed by atoms with E-state index in [-0.39, 0.29) is 10.8 Å². The lowest BCUT2D eigenvalue weighted by atomic mass is 9.94. The minimum Gasteiger partial charge on any atom is -0.343 e. The standard InChI is InChI=1S/C21H34N4O3S/c1-17-20(29(27,28)25-10-6-7-11-25)16-19(22(17)2)21(26)24-14-12-23(13-15-24)18-8-4-3-5-9-18/h16,18H,3-15H2,1-2H3. The number of carbonyl (C=O) groups excluding carboxylic acids is 1. The summed E-state index contributed by atoms with van der Waals surface area (Å²) in [6, 6.07) is 2.27. The quantitative estimate of drug-likeness (QED) is 0.746. The van der Waals surface area contributed by atoms with Gasteiger partial charge in [0.05, 0.1) is 0 Å². The number of rotatable bonds is 4. The summed E-state index contributed by atoms with van der Waals surface area (Å²) in [5.74, 6) is -0.0539. The molecule has 3 aliphatic rings. The molecule has 1 aliphatic carbocycles. The van der Waals surface area contributed by atoms with E-state index in [0.717, 1.165) is 25.9 Å². The van der Waals surface area contributed by atoms with E-state index in [2.05, 4.69) is 4.90 Å². The monoisotopic (exact) mass is 422 g/mol. The van der Waals surface area contributed by atoms with Crippen molar-refractivity contribution in [1.29, 1.82) is 0 Å². The summed E-state index contributed by atoms with van der Waals surface area (Å²) < 4.78 is 29.3. The fraction of sp³-hybridized carbons (Fsp3) is 0.762. The van der Waals surface area contributed by atoms with Crippen molar-refractivity contribution in [3.63, 3.8) is 0 Å². The van der Waals surface area contributed by atoms with Crippen LogP contribution in [0.15, 0.2) is 11.0 Å². The van der Waals surface area contributed by atoms with Gasteiger partial charge in [-0.2, -0.15) is 4.31 Å². The van der Waals surface area contributed by atoms with Gasteiger partial charge in [0.15, 0.2) is 0 Å². The van der Waals surface area contributed by atoms with Crippen LogP contribution in [0.4, 0.5) is 0 Å². The lowest BCUT2D eigenvalue weighted by molar-refractivity contribution is 0.0515. The molecule has 1 aromatic heterocycles. The van der Waals surface area contributed by atoms with Crippen LogP contribution in [0.25, 0.3) is 0 Å². The number of hydrogen-bond donors (Lipinski definition) is 0. The molecule has 8 heteroatoms. The topological polar surface area (TPSA) is 65.9 Å². The summed E-state index contributed by atoms with van der Waals surface area (Å²) in [5, 5.41) is 0. The van der Waals surface area contributed by atoms with Gasteiger partial charge in [0.1, 0.15) is 10.6 Å². The van der Waals surface area contributed by atoms with Gasteiger partial charge in [-0.25, -0.2) is 8.42 Å². The van der Waals surface area contributed by atoms with E-state index < -0.39 is 10.0 Å². The van der Waals surface area contributed by atoms with Gasteiger partial charge in [-0.1, -0.05) is 19.3 Å². The molecule has 0 N–H and O–H groups in total. The number of hydrogen-bond acceptors (Lipinski definition) is 4. The maximum atomic E-state index is 13.2. The van der Waals surface area contributed by atoms with E-state index in [1.54, 1.807) is 28.9 Å². The third-order valence-corrected chi connectivity index (χ3v) is 9.10. The maximum absolute atomic E-state index is 13.2. The number of sulfonamides is 1. The number of carbonyl (C=O) groups is 1. The first-order valence-electron chi connectivity index (χ1n) is 11.1. The first-order chi connectivity index (χ1) is 13.9. The fourth-order valence-corrected chi connectivity index (χ4v) is 6.89. The molecule has 0 bridgehead atoms. The molecule has 2 aliphatic heterocycles. The average Bonchev–Trinajstić information content (AvgIpc) is 3.39. The second-order valence-electron chi connectivity index (χ2n) is 8.77. The van der Waals surface area contributed by atoms with Crippen LogP contribution in [-0.4, -0.2) is 78.3 Å². The largest absolute Gasteiger partial charge is 0.343 e. The molecule has 2 saturated heterocycles. The highest BCUT2D eigenvalue weighted by Gasteiger charge is 2.33. The molecule has 1 saturated carbocycles. The van der Waals surface area contributed by atoms with Crippen molar-refractivity contribution in [3.8, 4) is 0 Å². The SMILES string of the molecule is Cc1c(S(=O)(=O)N2CCCC2)cc(C(=O)N2CCN(C3CCCCC3)CC2)n1C. The van der Waals surface area contributed by atoms with Crippen molar-refractivity contribution in [1.82, 2.24) is 18.7 Å². The molecular formula is C21H34N4O3S. The van der Waals surface area contributed by atoms with Crippen molar-refractivity contribution in [2.24, 2.45) is 7.05 Å². The van der Waals surface area contributed by atoms with Gasteiger partial charge in [-0.3, -0.25) is 9.69 Å². The van der Waals surface area contributed by atoms with Crippen LogP contribution in [0.3, 0.4) is 0 Å².